The second kappa shape index (κ2) is 8.85. The molecule has 0 radical (unpaired) electrons. The van der Waals surface area contributed by atoms with Crippen molar-refractivity contribution in [3.8, 4) is 16.9 Å². The summed E-state index contributed by atoms with van der Waals surface area (Å²) in [7, 11) is 0. The zero-order valence-corrected chi connectivity index (χ0v) is 18.1. The van der Waals surface area contributed by atoms with Crippen LogP contribution in [0.15, 0.2) is 78.9 Å². The maximum absolute atomic E-state index is 13.1. The largest absolute Gasteiger partial charge is 0.491 e. The van der Waals surface area contributed by atoms with Crippen LogP contribution in [-0.2, 0) is 10.3 Å². The fourth-order valence-electron chi connectivity index (χ4n) is 4.01. The fourth-order valence-corrected chi connectivity index (χ4v) is 4.01. The van der Waals surface area contributed by atoms with Gasteiger partial charge in [-0.1, -0.05) is 66.7 Å². The van der Waals surface area contributed by atoms with Crippen molar-refractivity contribution >= 4 is 11.9 Å². The summed E-state index contributed by atoms with van der Waals surface area (Å²) in [6.45, 7) is 3.40. The summed E-state index contributed by atoms with van der Waals surface area (Å²) in [5.74, 6) is 0.216. The van der Waals surface area contributed by atoms with Crippen molar-refractivity contribution in [3.05, 3.63) is 90.0 Å². The zero-order chi connectivity index (χ0) is 22.7. The Morgan fingerprint density at radius 2 is 1.56 bits per heavy atom. The number of nitrogens with one attached hydrogen (secondary N) is 1. The maximum atomic E-state index is 13.1. The summed E-state index contributed by atoms with van der Waals surface area (Å²) in [6, 6.07) is 24.5. The molecular formula is C26H26N2O4. The van der Waals surface area contributed by atoms with Gasteiger partial charge in [0.2, 0.25) is 0 Å². The molecule has 1 aliphatic rings. The van der Waals surface area contributed by atoms with Crippen LogP contribution in [0, 0.1) is 6.92 Å². The average molecular weight is 431 g/mol. The molecule has 3 aromatic carbocycles. The molecule has 3 amide bonds. The second-order valence-electron chi connectivity index (χ2n) is 8.14. The Kier molecular flexibility index (Phi) is 5.97. The Morgan fingerprint density at radius 1 is 0.938 bits per heavy atom. The number of aliphatic hydroxyl groups excluding tert-OH is 1. The molecule has 1 heterocycles. The average Bonchev–Trinajstić information content (AvgIpc) is 3.02. The van der Waals surface area contributed by atoms with E-state index in [2.05, 4.69) is 5.32 Å². The molecule has 6 nitrogen and oxygen atoms in total. The van der Waals surface area contributed by atoms with Gasteiger partial charge in [0.25, 0.3) is 5.91 Å². The van der Waals surface area contributed by atoms with Crippen molar-refractivity contribution in [1.29, 1.82) is 0 Å². The number of ether oxygens (including phenoxy) is 1. The lowest BCUT2D eigenvalue weighted by Crippen LogP contribution is -2.43. The van der Waals surface area contributed by atoms with E-state index >= 15 is 0 Å². The third kappa shape index (κ3) is 4.22. The molecule has 0 aromatic heterocycles. The molecule has 1 saturated heterocycles. The highest BCUT2D eigenvalue weighted by Gasteiger charge is 2.49. The normalized spacial score (nSPS) is 19.0. The lowest BCUT2D eigenvalue weighted by atomic mass is 9.88. The molecule has 2 atom stereocenters. The van der Waals surface area contributed by atoms with Crippen LogP contribution in [0.2, 0.25) is 0 Å². The van der Waals surface area contributed by atoms with Crippen LogP contribution < -0.4 is 10.1 Å². The topological polar surface area (TPSA) is 78.9 Å². The maximum Gasteiger partial charge on any atom is 0.325 e. The van der Waals surface area contributed by atoms with Crippen LogP contribution in [0.1, 0.15) is 18.1 Å². The molecule has 2 unspecified atom stereocenters. The minimum absolute atomic E-state index is 0.0389. The van der Waals surface area contributed by atoms with Gasteiger partial charge in [-0.3, -0.25) is 9.69 Å². The second-order valence-corrected chi connectivity index (χ2v) is 8.14. The first kappa shape index (κ1) is 21.6. The predicted molar refractivity (Wildman–Crippen MR) is 122 cm³/mol. The molecule has 3 aromatic rings. The number of imide groups is 1. The van der Waals surface area contributed by atoms with Crippen LogP contribution in [0.5, 0.6) is 5.75 Å². The van der Waals surface area contributed by atoms with E-state index in [9.17, 15) is 14.7 Å². The minimum atomic E-state index is -1.16. The highest BCUT2D eigenvalue weighted by molar-refractivity contribution is 6.07. The quantitative estimate of drug-likeness (QED) is 0.558. The van der Waals surface area contributed by atoms with Gasteiger partial charge in [0.05, 0.1) is 6.54 Å². The number of carbonyl (C=O) groups is 2. The Hall–Kier alpha value is -3.64. The molecule has 4 rings (SSSR count). The van der Waals surface area contributed by atoms with E-state index in [-0.39, 0.29) is 19.1 Å². The van der Waals surface area contributed by atoms with E-state index in [1.807, 2.05) is 85.8 Å². The van der Waals surface area contributed by atoms with Gasteiger partial charge in [0.1, 0.15) is 24.0 Å². The van der Waals surface area contributed by atoms with Crippen LogP contribution in [0.4, 0.5) is 4.79 Å². The van der Waals surface area contributed by atoms with Crippen LogP contribution in [0.25, 0.3) is 11.1 Å². The van der Waals surface area contributed by atoms with Crippen LogP contribution in [0.3, 0.4) is 0 Å². The van der Waals surface area contributed by atoms with E-state index in [1.54, 1.807) is 6.92 Å². The fraction of sp³-hybridized carbons (Fsp3) is 0.231. The molecule has 164 valence electrons. The van der Waals surface area contributed by atoms with E-state index in [1.165, 1.54) is 0 Å². The summed E-state index contributed by atoms with van der Waals surface area (Å²) in [6.07, 6.45) is -1.02. The first-order valence-corrected chi connectivity index (χ1v) is 10.5. The molecule has 1 fully saturated rings. The number of rotatable bonds is 7. The summed E-state index contributed by atoms with van der Waals surface area (Å²) in [4.78, 5) is 26.6. The standard InChI is InChI=1S/C26H26N2O4/c1-18-8-6-7-11-23(18)26(2)24(30)28(25(31)27-26)16-21(29)17-32-22-14-12-20(13-15-22)19-9-4-3-5-10-19/h3-15,21,29H,16-17H2,1-2H3,(H,27,31). The van der Waals surface area contributed by atoms with Gasteiger partial charge in [0, 0.05) is 0 Å². The molecule has 1 aliphatic heterocycles. The van der Waals surface area contributed by atoms with Crippen molar-refractivity contribution < 1.29 is 19.4 Å². The number of β-amino-alcohol motifs (C(OH)–C–C–N with tert-alkyl or cyclic N) is 1. The smallest absolute Gasteiger partial charge is 0.325 e. The SMILES string of the molecule is Cc1ccccc1C1(C)NC(=O)N(CC(O)COc2ccc(-c3ccccc3)cc2)C1=O. The Morgan fingerprint density at radius 3 is 2.25 bits per heavy atom. The Balaban J connectivity index is 1.37. The number of hydrogen-bond acceptors (Lipinski definition) is 4. The van der Waals surface area contributed by atoms with Crippen molar-refractivity contribution in [1.82, 2.24) is 10.2 Å². The number of amides is 3. The number of aliphatic hydroxyl groups is 1. The minimum Gasteiger partial charge on any atom is -0.491 e. The first-order chi connectivity index (χ1) is 15.4. The Labute approximate surface area is 187 Å². The van der Waals surface area contributed by atoms with E-state index in [0.29, 0.717) is 5.75 Å². The molecular weight excluding hydrogens is 404 g/mol. The zero-order valence-electron chi connectivity index (χ0n) is 18.1. The summed E-state index contributed by atoms with van der Waals surface area (Å²) in [5, 5.41) is 13.2. The van der Waals surface area contributed by atoms with Gasteiger partial charge in [-0.2, -0.15) is 0 Å². The number of hydrogen-bond donors (Lipinski definition) is 2. The van der Waals surface area contributed by atoms with E-state index in [4.69, 9.17) is 4.74 Å². The molecule has 0 saturated carbocycles. The lowest BCUT2D eigenvalue weighted by molar-refractivity contribution is -0.132. The molecule has 0 aliphatic carbocycles. The molecule has 2 N–H and O–H groups in total. The molecule has 0 bridgehead atoms. The van der Waals surface area contributed by atoms with Gasteiger partial charge in [-0.05, 0) is 48.2 Å². The first-order valence-electron chi connectivity index (χ1n) is 10.5. The van der Waals surface area contributed by atoms with Crippen molar-refractivity contribution in [2.45, 2.75) is 25.5 Å². The van der Waals surface area contributed by atoms with Gasteiger partial charge < -0.3 is 15.2 Å². The summed E-state index contributed by atoms with van der Waals surface area (Å²) in [5.41, 5.74) is 2.66. The lowest BCUT2D eigenvalue weighted by Gasteiger charge is -2.24. The van der Waals surface area contributed by atoms with Gasteiger partial charge in [-0.25, -0.2) is 4.79 Å². The van der Waals surface area contributed by atoms with Crippen molar-refractivity contribution in [2.24, 2.45) is 0 Å². The van der Waals surface area contributed by atoms with Crippen molar-refractivity contribution in [2.75, 3.05) is 13.2 Å². The number of benzene rings is 3. The number of carbonyl (C=O) groups excluding carboxylic acids is 2. The Bertz CT molecular complexity index is 1110. The molecule has 6 heteroatoms. The molecule has 32 heavy (non-hydrogen) atoms. The van der Waals surface area contributed by atoms with E-state index in [0.717, 1.165) is 27.2 Å². The third-order valence-corrected chi connectivity index (χ3v) is 5.76. The van der Waals surface area contributed by atoms with Gasteiger partial charge >= 0.3 is 6.03 Å². The monoisotopic (exact) mass is 430 g/mol. The van der Waals surface area contributed by atoms with Crippen LogP contribution in [-0.4, -0.2) is 41.2 Å². The highest BCUT2D eigenvalue weighted by Crippen LogP contribution is 2.31. The number of nitrogens with zero attached hydrogens (tertiary/aromatic N) is 1. The number of aryl methyl sites for hydroxylation is 1. The number of urea groups is 1. The third-order valence-electron chi connectivity index (χ3n) is 5.76. The predicted octanol–water partition coefficient (Wildman–Crippen LogP) is 3.87. The highest BCUT2D eigenvalue weighted by atomic mass is 16.5. The molecule has 0 spiro atoms. The van der Waals surface area contributed by atoms with Gasteiger partial charge in [0.15, 0.2) is 0 Å². The van der Waals surface area contributed by atoms with Gasteiger partial charge in [-0.15, -0.1) is 0 Å². The van der Waals surface area contributed by atoms with Crippen LogP contribution >= 0.6 is 0 Å². The summed E-state index contributed by atoms with van der Waals surface area (Å²) < 4.78 is 5.68. The van der Waals surface area contributed by atoms with E-state index < -0.39 is 17.7 Å². The summed E-state index contributed by atoms with van der Waals surface area (Å²) >= 11 is 0. The van der Waals surface area contributed by atoms with Crippen molar-refractivity contribution in [3.63, 3.8) is 0 Å².